The minimum absolute atomic E-state index is 0.114. The Labute approximate surface area is 143 Å². The van der Waals surface area contributed by atoms with Crippen molar-refractivity contribution in [1.29, 1.82) is 0 Å². The molecule has 3 rings (SSSR count). The molecule has 0 saturated heterocycles. The number of ether oxygens (including phenoxy) is 1. The van der Waals surface area contributed by atoms with E-state index in [9.17, 15) is 9.59 Å². The highest BCUT2D eigenvalue weighted by molar-refractivity contribution is 5.83. The molecular weight excluding hydrogens is 304 g/mol. The van der Waals surface area contributed by atoms with Gasteiger partial charge in [-0.05, 0) is 49.4 Å². The summed E-state index contributed by atoms with van der Waals surface area (Å²) >= 11 is 0. The van der Waals surface area contributed by atoms with Crippen LogP contribution in [0, 0.1) is 19.8 Å². The molecule has 1 aliphatic heterocycles. The average molecular weight is 330 g/mol. The second kappa shape index (κ2) is 7.24. The molecular formula is C19H26N2O3. The number of hydrogen-bond acceptors (Lipinski definition) is 3. The zero-order chi connectivity index (χ0) is 17.1. The van der Waals surface area contributed by atoms with Gasteiger partial charge in [0.25, 0.3) is 5.91 Å². The number of fused-ring (bicyclic) bond motifs is 1. The molecule has 1 unspecified atom stereocenters. The Morgan fingerprint density at radius 1 is 1.04 bits per heavy atom. The lowest BCUT2D eigenvalue weighted by Gasteiger charge is -2.13. The van der Waals surface area contributed by atoms with Gasteiger partial charge in [0.2, 0.25) is 5.91 Å². The molecule has 2 aliphatic rings. The normalized spacial score (nSPS) is 19.7. The van der Waals surface area contributed by atoms with Crippen LogP contribution in [0.25, 0.3) is 0 Å². The van der Waals surface area contributed by atoms with E-state index in [1.165, 1.54) is 11.1 Å². The highest BCUT2D eigenvalue weighted by atomic mass is 16.5. The lowest BCUT2D eigenvalue weighted by atomic mass is 10.0. The van der Waals surface area contributed by atoms with Crippen LogP contribution >= 0.6 is 0 Å². The maximum absolute atomic E-state index is 12.2. The van der Waals surface area contributed by atoms with E-state index in [0.717, 1.165) is 37.0 Å². The van der Waals surface area contributed by atoms with Crippen molar-refractivity contribution in [3.8, 4) is 5.75 Å². The number of rotatable bonds is 5. The Kier molecular flexibility index (Phi) is 5.07. The fourth-order valence-electron chi connectivity index (χ4n) is 3.48. The molecule has 0 aromatic heterocycles. The van der Waals surface area contributed by atoms with Gasteiger partial charge in [-0.15, -0.1) is 0 Å². The van der Waals surface area contributed by atoms with Gasteiger partial charge in [0.1, 0.15) is 5.75 Å². The third-order valence-electron chi connectivity index (χ3n) is 5.09. The van der Waals surface area contributed by atoms with Crippen LogP contribution in [-0.4, -0.2) is 31.0 Å². The zero-order valence-electron chi connectivity index (χ0n) is 14.5. The minimum Gasteiger partial charge on any atom is -0.480 e. The van der Waals surface area contributed by atoms with Gasteiger partial charge in [0.05, 0.1) is 0 Å². The smallest absolute Gasteiger partial charge is 0.261 e. The number of hydrogen-bond donors (Lipinski definition) is 2. The Balaban J connectivity index is 1.41. The third-order valence-corrected chi connectivity index (χ3v) is 5.09. The predicted molar refractivity (Wildman–Crippen MR) is 92.0 cm³/mol. The molecule has 0 radical (unpaired) electrons. The number of carbonyl (C=O) groups excluding carboxylic acids is 2. The molecule has 1 heterocycles. The molecule has 0 bridgehead atoms. The first-order chi connectivity index (χ1) is 11.5. The number of benzene rings is 1. The van der Waals surface area contributed by atoms with E-state index < -0.39 is 6.10 Å². The second-order valence-electron chi connectivity index (χ2n) is 6.92. The number of nitrogens with one attached hydrogen (secondary N) is 2. The summed E-state index contributed by atoms with van der Waals surface area (Å²) in [5.41, 5.74) is 3.48. The molecule has 0 spiro atoms. The predicted octanol–water partition coefficient (Wildman–Crippen LogP) is 2.03. The van der Waals surface area contributed by atoms with Gasteiger partial charge >= 0.3 is 0 Å². The van der Waals surface area contributed by atoms with Crippen LogP contribution in [0.1, 0.15) is 42.4 Å². The molecule has 24 heavy (non-hydrogen) atoms. The lowest BCUT2D eigenvalue weighted by molar-refractivity contribution is -0.128. The molecule has 1 saturated carbocycles. The summed E-state index contributed by atoms with van der Waals surface area (Å²) in [6, 6.07) is 4.10. The Morgan fingerprint density at radius 3 is 2.38 bits per heavy atom. The van der Waals surface area contributed by atoms with Crippen molar-refractivity contribution in [2.75, 3.05) is 13.1 Å². The van der Waals surface area contributed by atoms with Crippen molar-refractivity contribution in [3.63, 3.8) is 0 Å². The quantitative estimate of drug-likeness (QED) is 0.812. The van der Waals surface area contributed by atoms with E-state index in [-0.39, 0.29) is 17.7 Å². The van der Waals surface area contributed by atoms with E-state index in [1.807, 2.05) is 13.0 Å². The number of aryl methyl sites for hydroxylation is 2. The van der Waals surface area contributed by atoms with Crippen molar-refractivity contribution in [3.05, 3.63) is 28.8 Å². The Morgan fingerprint density at radius 2 is 1.67 bits per heavy atom. The first-order valence-corrected chi connectivity index (χ1v) is 8.87. The molecule has 1 atom stereocenters. The Hall–Kier alpha value is -2.04. The highest BCUT2D eigenvalue weighted by Crippen LogP contribution is 2.31. The second-order valence-corrected chi connectivity index (χ2v) is 6.92. The number of amides is 2. The molecule has 130 valence electrons. The summed E-state index contributed by atoms with van der Waals surface area (Å²) in [5, 5.41) is 5.76. The molecule has 1 aliphatic carbocycles. The molecule has 5 nitrogen and oxygen atoms in total. The van der Waals surface area contributed by atoms with Gasteiger partial charge < -0.3 is 15.4 Å². The van der Waals surface area contributed by atoms with Crippen molar-refractivity contribution in [2.45, 2.75) is 52.1 Å². The van der Waals surface area contributed by atoms with Gasteiger partial charge in [-0.1, -0.05) is 18.9 Å². The fraction of sp³-hybridized carbons (Fsp3) is 0.579. The molecule has 1 aromatic rings. The van der Waals surface area contributed by atoms with Crippen LogP contribution in [0.15, 0.2) is 12.1 Å². The highest BCUT2D eigenvalue weighted by Gasteiger charge is 2.29. The Bertz CT molecular complexity index is 605. The van der Waals surface area contributed by atoms with Crippen LogP contribution in [0.5, 0.6) is 5.75 Å². The van der Waals surface area contributed by atoms with Crippen LogP contribution < -0.4 is 15.4 Å². The summed E-state index contributed by atoms with van der Waals surface area (Å²) in [6.45, 7) is 5.01. The van der Waals surface area contributed by atoms with E-state index in [1.54, 1.807) is 0 Å². The van der Waals surface area contributed by atoms with Gasteiger partial charge in [0.15, 0.2) is 6.10 Å². The fourth-order valence-corrected chi connectivity index (χ4v) is 3.48. The average Bonchev–Trinajstić information content (AvgIpc) is 3.21. The van der Waals surface area contributed by atoms with E-state index in [2.05, 4.69) is 23.6 Å². The lowest BCUT2D eigenvalue weighted by Crippen LogP contribution is -2.42. The molecule has 1 fully saturated rings. The summed E-state index contributed by atoms with van der Waals surface area (Å²) in [6.07, 6.45) is 4.42. The molecule has 2 amide bonds. The van der Waals surface area contributed by atoms with Crippen LogP contribution in [0.2, 0.25) is 0 Å². The SMILES string of the molecule is Cc1cc2c(cc1C)OC(C(=O)NCCNC(=O)C1CCCC1)C2. The molecule has 2 N–H and O–H groups in total. The number of carbonyl (C=O) groups is 2. The van der Waals surface area contributed by atoms with E-state index in [0.29, 0.717) is 19.5 Å². The van der Waals surface area contributed by atoms with Gasteiger partial charge in [-0.25, -0.2) is 0 Å². The zero-order valence-corrected chi connectivity index (χ0v) is 14.5. The third kappa shape index (κ3) is 3.71. The molecule has 5 heteroatoms. The van der Waals surface area contributed by atoms with Gasteiger partial charge in [0, 0.05) is 25.4 Å². The summed E-state index contributed by atoms with van der Waals surface area (Å²) < 4.78 is 5.76. The summed E-state index contributed by atoms with van der Waals surface area (Å²) in [4.78, 5) is 24.1. The maximum Gasteiger partial charge on any atom is 0.261 e. The van der Waals surface area contributed by atoms with Crippen molar-refractivity contribution in [1.82, 2.24) is 10.6 Å². The van der Waals surface area contributed by atoms with Crippen molar-refractivity contribution in [2.24, 2.45) is 5.92 Å². The first-order valence-electron chi connectivity index (χ1n) is 8.87. The van der Waals surface area contributed by atoms with Crippen LogP contribution in [0.3, 0.4) is 0 Å². The van der Waals surface area contributed by atoms with E-state index in [4.69, 9.17) is 4.74 Å². The van der Waals surface area contributed by atoms with Crippen LogP contribution in [0.4, 0.5) is 0 Å². The van der Waals surface area contributed by atoms with Crippen molar-refractivity contribution >= 4 is 11.8 Å². The maximum atomic E-state index is 12.2. The standard InChI is InChI=1S/C19H26N2O3/c1-12-9-15-11-17(24-16(15)10-13(12)2)19(23)21-8-7-20-18(22)14-5-3-4-6-14/h9-10,14,17H,3-8,11H2,1-2H3,(H,20,22)(H,21,23). The van der Waals surface area contributed by atoms with Crippen molar-refractivity contribution < 1.29 is 14.3 Å². The summed E-state index contributed by atoms with van der Waals surface area (Å²) in [7, 11) is 0. The van der Waals surface area contributed by atoms with Gasteiger partial charge in [-0.3, -0.25) is 9.59 Å². The first kappa shape index (κ1) is 16.8. The summed E-state index contributed by atoms with van der Waals surface area (Å²) in [5.74, 6) is 0.987. The molecule has 1 aromatic carbocycles. The van der Waals surface area contributed by atoms with Gasteiger partial charge in [-0.2, -0.15) is 0 Å². The van der Waals surface area contributed by atoms with Crippen LogP contribution in [-0.2, 0) is 16.0 Å². The van der Waals surface area contributed by atoms with E-state index >= 15 is 0 Å². The minimum atomic E-state index is -0.466. The topological polar surface area (TPSA) is 67.4 Å². The largest absolute Gasteiger partial charge is 0.480 e. The monoisotopic (exact) mass is 330 g/mol.